The molecule has 3 aromatic carbocycles. The van der Waals surface area contributed by atoms with Crippen molar-refractivity contribution in [2.45, 2.75) is 38.3 Å². The minimum Gasteiger partial charge on any atom is -0.508 e. The quantitative estimate of drug-likeness (QED) is 0.340. The minimum atomic E-state index is -0.584. The Morgan fingerprint density at radius 2 is 1.58 bits per heavy atom. The Labute approximate surface area is 212 Å². The van der Waals surface area contributed by atoms with Crippen molar-refractivity contribution in [1.82, 2.24) is 5.32 Å². The molecule has 6 heteroatoms. The summed E-state index contributed by atoms with van der Waals surface area (Å²) in [6.45, 7) is 2.51. The van der Waals surface area contributed by atoms with Crippen molar-refractivity contribution in [2.75, 3.05) is 20.4 Å². The Balaban J connectivity index is 1.51. The number of rotatable bonds is 10. The van der Waals surface area contributed by atoms with Gasteiger partial charge in [0.1, 0.15) is 24.2 Å². The molecular weight excluding hydrogens is 454 g/mol. The summed E-state index contributed by atoms with van der Waals surface area (Å²) in [5.41, 5.74) is 5.61. The zero-order chi connectivity index (χ0) is 25.1. The first-order chi connectivity index (χ1) is 17.6. The van der Waals surface area contributed by atoms with Gasteiger partial charge in [0.15, 0.2) is 11.5 Å². The third-order valence-corrected chi connectivity index (χ3v) is 6.93. The number of hydrogen-bond acceptors (Lipinski definition) is 6. The van der Waals surface area contributed by atoms with E-state index in [1.165, 1.54) is 5.57 Å². The van der Waals surface area contributed by atoms with E-state index in [9.17, 15) is 10.2 Å². The van der Waals surface area contributed by atoms with Crippen molar-refractivity contribution in [2.24, 2.45) is 5.92 Å². The average Bonchev–Trinajstić information content (AvgIpc) is 3.63. The molecule has 6 nitrogen and oxygen atoms in total. The number of phenolic OH excluding ortho intramolecular Hbond substituents is 1. The molecule has 1 aliphatic heterocycles. The maximum atomic E-state index is 10.4. The van der Waals surface area contributed by atoms with Crippen LogP contribution >= 0.6 is 0 Å². The van der Waals surface area contributed by atoms with Gasteiger partial charge in [-0.05, 0) is 96.5 Å². The van der Waals surface area contributed by atoms with Crippen molar-refractivity contribution in [3.8, 4) is 23.0 Å². The van der Waals surface area contributed by atoms with Crippen LogP contribution in [-0.4, -0.2) is 42.8 Å². The van der Waals surface area contributed by atoms with Gasteiger partial charge in [0.25, 0.3) is 0 Å². The molecule has 188 valence electrons. The molecule has 0 radical (unpaired) electrons. The van der Waals surface area contributed by atoms with Crippen molar-refractivity contribution < 1.29 is 24.4 Å². The van der Waals surface area contributed by atoms with Crippen molar-refractivity contribution >= 4 is 11.1 Å². The third-order valence-electron chi connectivity index (χ3n) is 6.93. The summed E-state index contributed by atoms with van der Waals surface area (Å²) in [6, 6.07) is 21.6. The van der Waals surface area contributed by atoms with Crippen LogP contribution in [-0.2, 0) is 0 Å². The van der Waals surface area contributed by atoms with E-state index in [2.05, 4.69) is 29.6 Å². The smallest absolute Gasteiger partial charge is 0.231 e. The summed E-state index contributed by atoms with van der Waals surface area (Å²) in [6.07, 6.45) is 2.51. The lowest BCUT2D eigenvalue weighted by Crippen LogP contribution is -2.40. The number of hydrogen-bond donors (Lipinski definition) is 3. The number of aliphatic hydroxyl groups excluding tert-OH is 1. The second-order valence-electron chi connectivity index (χ2n) is 9.38. The third kappa shape index (κ3) is 5.20. The predicted octanol–water partition coefficient (Wildman–Crippen LogP) is 5.23. The normalized spacial score (nSPS) is 16.9. The summed E-state index contributed by atoms with van der Waals surface area (Å²) in [5, 5.41) is 23.4. The summed E-state index contributed by atoms with van der Waals surface area (Å²) in [5.74, 6) is 2.94. The zero-order valence-electron chi connectivity index (χ0n) is 20.7. The highest BCUT2D eigenvalue weighted by molar-refractivity contribution is 6.00. The van der Waals surface area contributed by atoms with Gasteiger partial charge in [0.05, 0.1) is 0 Å². The molecule has 2 aliphatic rings. The summed E-state index contributed by atoms with van der Waals surface area (Å²) >= 11 is 0. The molecule has 1 saturated carbocycles. The Bertz CT molecular complexity index is 1210. The standard InChI is InChI=1S/C30H33NO5/c1-3-25(31-2)26(33)17-34-24-13-8-21(9-14-24)29(20-6-11-23(32)12-7-20)30(19-4-5-19)22-10-15-27-28(16-22)36-18-35-27/h6-16,19,25-26,31-33H,3-5,17-18H2,1-2H3. The van der Waals surface area contributed by atoms with E-state index < -0.39 is 6.10 Å². The molecule has 0 bridgehead atoms. The van der Waals surface area contributed by atoms with Gasteiger partial charge < -0.3 is 29.7 Å². The second-order valence-corrected chi connectivity index (χ2v) is 9.38. The molecule has 1 heterocycles. The number of benzene rings is 3. The second kappa shape index (κ2) is 10.6. The van der Waals surface area contributed by atoms with E-state index in [1.54, 1.807) is 12.1 Å². The molecule has 1 aliphatic carbocycles. The highest BCUT2D eigenvalue weighted by Crippen LogP contribution is 2.49. The Morgan fingerprint density at radius 1 is 0.944 bits per heavy atom. The Kier molecular flexibility index (Phi) is 7.16. The van der Waals surface area contributed by atoms with Gasteiger partial charge in [-0.2, -0.15) is 0 Å². The van der Waals surface area contributed by atoms with Crippen LogP contribution in [0.5, 0.6) is 23.0 Å². The van der Waals surface area contributed by atoms with Gasteiger partial charge in [0.2, 0.25) is 6.79 Å². The fraction of sp³-hybridized carbons (Fsp3) is 0.333. The van der Waals surface area contributed by atoms with Crippen LogP contribution in [0.3, 0.4) is 0 Å². The molecule has 0 amide bonds. The first-order valence-electron chi connectivity index (χ1n) is 12.6. The monoisotopic (exact) mass is 487 g/mol. The molecule has 3 N–H and O–H groups in total. The van der Waals surface area contributed by atoms with Crippen LogP contribution in [0.15, 0.2) is 66.7 Å². The van der Waals surface area contributed by atoms with Gasteiger partial charge in [-0.25, -0.2) is 0 Å². The first kappa shape index (κ1) is 24.2. The van der Waals surface area contributed by atoms with Crippen LogP contribution in [0.4, 0.5) is 0 Å². The Morgan fingerprint density at radius 3 is 2.22 bits per heavy atom. The maximum Gasteiger partial charge on any atom is 0.231 e. The summed E-state index contributed by atoms with van der Waals surface area (Å²) in [4.78, 5) is 0. The van der Waals surface area contributed by atoms with Crippen LogP contribution in [0.25, 0.3) is 11.1 Å². The highest BCUT2D eigenvalue weighted by atomic mass is 16.7. The molecule has 0 aromatic heterocycles. The lowest BCUT2D eigenvalue weighted by atomic mass is 9.87. The summed E-state index contributed by atoms with van der Waals surface area (Å²) < 4.78 is 17.1. The van der Waals surface area contributed by atoms with Gasteiger partial charge >= 0.3 is 0 Å². The van der Waals surface area contributed by atoms with Crippen LogP contribution in [0, 0.1) is 5.92 Å². The predicted molar refractivity (Wildman–Crippen MR) is 140 cm³/mol. The zero-order valence-corrected chi connectivity index (χ0v) is 20.7. The summed E-state index contributed by atoms with van der Waals surface area (Å²) in [7, 11) is 1.85. The van der Waals surface area contributed by atoms with Gasteiger partial charge in [0, 0.05) is 6.04 Å². The number of aliphatic hydroxyl groups is 1. The van der Waals surface area contributed by atoms with E-state index in [0.717, 1.165) is 53.0 Å². The lowest BCUT2D eigenvalue weighted by molar-refractivity contribution is 0.0743. The maximum absolute atomic E-state index is 10.4. The number of ether oxygens (including phenoxy) is 3. The van der Waals surface area contributed by atoms with Crippen LogP contribution in [0.2, 0.25) is 0 Å². The van der Waals surface area contributed by atoms with Gasteiger partial charge in [-0.1, -0.05) is 37.3 Å². The fourth-order valence-corrected chi connectivity index (χ4v) is 4.81. The SMILES string of the molecule is CCC(NC)C(O)COc1ccc(C(=C(c2ccc3c(c2)OCO3)C2CC2)c2ccc(O)cc2)cc1. The molecule has 3 aromatic rings. The Hall–Kier alpha value is -3.48. The largest absolute Gasteiger partial charge is 0.508 e. The molecule has 2 unspecified atom stereocenters. The van der Waals surface area contributed by atoms with Gasteiger partial charge in [-0.3, -0.25) is 0 Å². The van der Waals surface area contributed by atoms with Crippen molar-refractivity contribution in [1.29, 1.82) is 0 Å². The van der Waals surface area contributed by atoms with Crippen LogP contribution < -0.4 is 19.5 Å². The molecule has 36 heavy (non-hydrogen) atoms. The molecule has 0 spiro atoms. The van der Waals surface area contributed by atoms with Gasteiger partial charge in [-0.15, -0.1) is 0 Å². The molecular formula is C30H33NO5. The van der Waals surface area contributed by atoms with E-state index in [-0.39, 0.29) is 25.2 Å². The molecule has 5 rings (SSSR count). The number of phenols is 1. The number of fused-ring (bicyclic) bond motifs is 1. The molecule has 2 atom stereocenters. The number of likely N-dealkylation sites (N-methyl/N-ethyl adjacent to an activating group) is 1. The van der Waals surface area contributed by atoms with E-state index >= 15 is 0 Å². The minimum absolute atomic E-state index is 0.00361. The first-order valence-corrected chi connectivity index (χ1v) is 12.6. The highest BCUT2D eigenvalue weighted by Gasteiger charge is 2.31. The topological polar surface area (TPSA) is 80.2 Å². The number of aromatic hydroxyl groups is 1. The van der Waals surface area contributed by atoms with Crippen molar-refractivity contribution in [3.63, 3.8) is 0 Å². The number of allylic oxidation sites excluding steroid dienone is 1. The van der Waals surface area contributed by atoms with Crippen molar-refractivity contribution in [3.05, 3.63) is 83.4 Å². The number of nitrogens with one attached hydrogen (secondary N) is 1. The fourth-order valence-electron chi connectivity index (χ4n) is 4.81. The lowest BCUT2D eigenvalue weighted by Gasteiger charge is -2.21. The van der Waals surface area contributed by atoms with E-state index in [4.69, 9.17) is 14.2 Å². The average molecular weight is 488 g/mol. The van der Waals surface area contributed by atoms with Crippen LogP contribution in [0.1, 0.15) is 42.9 Å². The molecule has 0 saturated heterocycles. The molecule has 1 fully saturated rings. The van der Waals surface area contributed by atoms with E-state index in [1.807, 2.05) is 44.3 Å². The van der Waals surface area contributed by atoms with E-state index in [0.29, 0.717) is 11.7 Å².